The first-order valence-electron chi connectivity index (χ1n) is 9.43. The lowest BCUT2D eigenvalue weighted by atomic mass is 9.87. The monoisotopic (exact) mass is 352 g/mol. The molecule has 0 radical (unpaired) electrons. The molecule has 1 fully saturated rings. The maximum absolute atomic E-state index is 4.51. The van der Waals surface area contributed by atoms with E-state index in [1.54, 1.807) is 0 Å². The molecule has 0 aromatic carbocycles. The van der Waals surface area contributed by atoms with Crippen LogP contribution in [0.2, 0.25) is 0 Å². The number of nitrogens with zero attached hydrogens (tertiary/aromatic N) is 5. The largest absolute Gasteiger partial charge is 0.336 e. The summed E-state index contributed by atoms with van der Waals surface area (Å²) < 4.78 is 4.35. The number of likely N-dealkylation sites (tertiary alicyclic amines) is 1. The molecule has 0 aliphatic carbocycles. The van der Waals surface area contributed by atoms with E-state index in [0.717, 1.165) is 25.3 Å². The number of piperidine rings is 1. The molecule has 0 amide bonds. The molecule has 1 aliphatic heterocycles. The first-order valence-corrected chi connectivity index (χ1v) is 9.43. The van der Waals surface area contributed by atoms with Crippen molar-refractivity contribution in [3.05, 3.63) is 54.0 Å². The fourth-order valence-corrected chi connectivity index (χ4v) is 4.25. The van der Waals surface area contributed by atoms with Gasteiger partial charge in [0.05, 0.1) is 30.0 Å². The second-order valence-corrected chi connectivity index (χ2v) is 7.57. The van der Waals surface area contributed by atoms with E-state index < -0.39 is 0 Å². The number of pyridine rings is 1. The Kier molecular flexibility index (Phi) is 4.78. The summed E-state index contributed by atoms with van der Waals surface area (Å²) in [6, 6.07) is 4.61. The number of rotatable bonds is 5. The molecule has 3 aromatic heterocycles. The van der Waals surface area contributed by atoms with Crippen molar-refractivity contribution in [2.75, 3.05) is 20.1 Å². The third kappa shape index (κ3) is 3.27. The molecule has 1 N–H and O–H groups in total. The zero-order chi connectivity index (χ0) is 18.1. The molecule has 6 heteroatoms. The minimum absolute atomic E-state index is 0.424. The summed E-state index contributed by atoms with van der Waals surface area (Å²) >= 11 is 0. The molecule has 4 heterocycles. The Morgan fingerprint density at radius 2 is 2.12 bits per heavy atom. The lowest BCUT2D eigenvalue weighted by molar-refractivity contribution is 0.113. The molecule has 1 aliphatic rings. The van der Waals surface area contributed by atoms with E-state index in [9.17, 15) is 0 Å². The van der Waals surface area contributed by atoms with Crippen molar-refractivity contribution >= 4 is 5.65 Å². The van der Waals surface area contributed by atoms with Crippen LogP contribution in [0.4, 0.5) is 0 Å². The Labute approximate surface area is 154 Å². The number of aromatic nitrogens is 4. The van der Waals surface area contributed by atoms with Gasteiger partial charge in [0, 0.05) is 32.5 Å². The van der Waals surface area contributed by atoms with Crippen LogP contribution < -0.4 is 5.32 Å². The lowest BCUT2D eigenvalue weighted by Gasteiger charge is -2.39. The van der Waals surface area contributed by atoms with Gasteiger partial charge in [-0.1, -0.05) is 6.07 Å². The van der Waals surface area contributed by atoms with Crippen molar-refractivity contribution in [2.45, 2.75) is 32.4 Å². The van der Waals surface area contributed by atoms with Crippen molar-refractivity contribution in [3.63, 3.8) is 0 Å². The van der Waals surface area contributed by atoms with E-state index in [-0.39, 0.29) is 0 Å². The van der Waals surface area contributed by atoms with Gasteiger partial charge in [-0.3, -0.25) is 4.90 Å². The maximum atomic E-state index is 4.51. The van der Waals surface area contributed by atoms with Crippen molar-refractivity contribution in [1.82, 2.24) is 29.2 Å². The number of nitrogens with one attached hydrogen (secondary N) is 1. The van der Waals surface area contributed by atoms with Gasteiger partial charge in [0.1, 0.15) is 5.65 Å². The van der Waals surface area contributed by atoms with Crippen molar-refractivity contribution in [2.24, 2.45) is 13.0 Å². The van der Waals surface area contributed by atoms with Crippen LogP contribution in [0.25, 0.3) is 5.65 Å². The predicted molar refractivity (Wildman–Crippen MR) is 103 cm³/mol. The molecule has 138 valence electrons. The second-order valence-electron chi connectivity index (χ2n) is 7.57. The van der Waals surface area contributed by atoms with Crippen LogP contribution in [0, 0.1) is 12.8 Å². The van der Waals surface area contributed by atoms with E-state index in [1.807, 2.05) is 18.7 Å². The normalized spacial score (nSPS) is 21.5. The number of imidazole rings is 2. The molecule has 1 saturated heterocycles. The molecule has 4 rings (SSSR count). The van der Waals surface area contributed by atoms with Gasteiger partial charge < -0.3 is 14.3 Å². The average Bonchev–Trinajstić information content (AvgIpc) is 3.21. The number of hydrogen-bond acceptors (Lipinski definition) is 4. The summed E-state index contributed by atoms with van der Waals surface area (Å²) in [5.41, 5.74) is 4.79. The topological polar surface area (TPSA) is 50.4 Å². The highest BCUT2D eigenvalue weighted by atomic mass is 15.2. The fraction of sp³-hybridized carbons (Fsp3) is 0.500. The molecule has 2 atom stereocenters. The molecule has 0 bridgehead atoms. The summed E-state index contributed by atoms with van der Waals surface area (Å²) in [5.74, 6) is 0.588. The number of fused-ring (bicyclic) bond motifs is 1. The maximum Gasteiger partial charge on any atom is 0.136 e. The Balaban J connectivity index is 1.45. The van der Waals surface area contributed by atoms with Crippen LogP contribution >= 0.6 is 0 Å². The standard InChI is InChI=1S/C20H28N6/c1-15-6-7-19-23-11-17(26(19)13-15)10-21-9-16-5-4-8-24(2)20(16)18-12-22-14-25(18)3/h6-7,11-14,16,20-21H,4-5,8-10H2,1-3H3/t16-,20+/m0/s1. The van der Waals surface area contributed by atoms with Crippen LogP contribution in [0.5, 0.6) is 0 Å². The van der Waals surface area contributed by atoms with Gasteiger partial charge in [-0.05, 0) is 50.9 Å². The minimum Gasteiger partial charge on any atom is -0.336 e. The van der Waals surface area contributed by atoms with Crippen LogP contribution in [0.3, 0.4) is 0 Å². The smallest absolute Gasteiger partial charge is 0.136 e. The zero-order valence-electron chi connectivity index (χ0n) is 15.9. The van der Waals surface area contributed by atoms with Crippen molar-refractivity contribution < 1.29 is 0 Å². The molecule has 0 unspecified atom stereocenters. The van der Waals surface area contributed by atoms with Gasteiger partial charge >= 0.3 is 0 Å². The minimum atomic E-state index is 0.424. The summed E-state index contributed by atoms with van der Waals surface area (Å²) in [7, 11) is 4.33. The third-order valence-electron chi connectivity index (χ3n) is 5.61. The summed E-state index contributed by atoms with van der Waals surface area (Å²) in [6.07, 6.45) is 10.6. The van der Waals surface area contributed by atoms with E-state index in [0.29, 0.717) is 12.0 Å². The zero-order valence-corrected chi connectivity index (χ0v) is 15.9. The van der Waals surface area contributed by atoms with E-state index >= 15 is 0 Å². The Hall–Kier alpha value is -2.18. The summed E-state index contributed by atoms with van der Waals surface area (Å²) in [5, 5.41) is 3.68. The van der Waals surface area contributed by atoms with Gasteiger partial charge in [-0.25, -0.2) is 9.97 Å². The van der Waals surface area contributed by atoms with Gasteiger partial charge in [-0.2, -0.15) is 0 Å². The van der Waals surface area contributed by atoms with Crippen LogP contribution in [-0.4, -0.2) is 44.0 Å². The van der Waals surface area contributed by atoms with Gasteiger partial charge in [0.2, 0.25) is 0 Å². The van der Waals surface area contributed by atoms with Crippen LogP contribution in [0.1, 0.15) is 35.8 Å². The highest BCUT2D eigenvalue weighted by molar-refractivity contribution is 5.41. The molecular weight excluding hydrogens is 324 g/mol. The van der Waals surface area contributed by atoms with Gasteiger partial charge in [0.15, 0.2) is 0 Å². The summed E-state index contributed by atoms with van der Waals surface area (Å²) in [4.78, 5) is 11.3. The molecule has 0 saturated carbocycles. The van der Waals surface area contributed by atoms with Gasteiger partial charge in [-0.15, -0.1) is 0 Å². The van der Waals surface area contributed by atoms with Crippen molar-refractivity contribution in [1.29, 1.82) is 0 Å². The van der Waals surface area contributed by atoms with Gasteiger partial charge in [0.25, 0.3) is 0 Å². The van der Waals surface area contributed by atoms with Crippen LogP contribution in [0.15, 0.2) is 37.1 Å². The first kappa shape index (κ1) is 17.2. The molecule has 3 aromatic rings. The molecule has 6 nitrogen and oxygen atoms in total. The second kappa shape index (κ2) is 7.21. The SMILES string of the molecule is Cc1ccc2ncc(CNC[C@@H]3CCCN(C)[C@H]3c3cncn3C)n2c1. The molecule has 0 spiro atoms. The first-order chi connectivity index (χ1) is 12.6. The Morgan fingerprint density at radius 1 is 1.23 bits per heavy atom. The predicted octanol–water partition coefficient (Wildman–Crippen LogP) is 2.55. The van der Waals surface area contributed by atoms with E-state index in [2.05, 4.69) is 68.5 Å². The highest BCUT2D eigenvalue weighted by Gasteiger charge is 2.31. The van der Waals surface area contributed by atoms with Crippen molar-refractivity contribution in [3.8, 4) is 0 Å². The van der Waals surface area contributed by atoms with E-state index in [4.69, 9.17) is 0 Å². The average molecular weight is 352 g/mol. The highest BCUT2D eigenvalue weighted by Crippen LogP contribution is 2.34. The lowest BCUT2D eigenvalue weighted by Crippen LogP contribution is -2.41. The van der Waals surface area contributed by atoms with E-state index in [1.165, 1.54) is 29.8 Å². The quantitative estimate of drug-likeness (QED) is 0.767. The molecule has 26 heavy (non-hydrogen) atoms. The Morgan fingerprint density at radius 3 is 2.92 bits per heavy atom. The summed E-state index contributed by atoms with van der Waals surface area (Å²) in [6.45, 7) is 5.11. The molecular formula is C20H28N6. The fourth-order valence-electron chi connectivity index (χ4n) is 4.25. The number of aryl methyl sites for hydroxylation is 2. The Bertz CT molecular complexity index is 879. The van der Waals surface area contributed by atoms with Crippen LogP contribution in [-0.2, 0) is 13.6 Å². The number of hydrogen-bond donors (Lipinski definition) is 1. The third-order valence-corrected chi connectivity index (χ3v) is 5.61.